The van der Waals surface area contributed by atoms with Gasteiger partial charge >= 0.3 is 6.18 Å². The van der Waals surface area contributed by atoms with Crippen molar-refractivity contribution in [3.05, 3.63) is 29.8 Å². The van der Waals surface area contributed by atoms with Crippen LogP contribution < -0.4 is 10.1 Å². The summed E-state index contributed by atoms with van der Waals surface area (Å²) >= 11 is 0. The Morgan fingerprint density at radius 2 is 1.89 bits per heavy atom. The lowest BCUT2D eigenvalue weighted by Crippen LogP contribution is -2.32. The van der Waals surface area contributed by atoms with Crippen LogP contribution in [0.4, 0.5) is 13.2 Å². The third kappa shape index (κ3) is 6.24. The van der Waals surface area contributed by atoms with Gasteiger partial charge in [0.05, 0.1) is 19.7 Å². The molecule has 0 unspecified atom stereocenters. The van der Waals surface area contributed by atoms with Crippen LogP contribution in [0, 0.1) is 0 Å². The van der Waals surface area contributed by atoms with Gasteiger partial charge in [0.1, 0.15) is 5.75 Å². The van der Waals surface area contributed by atoms with E-state index in [0.717, 1.165) is 6.42 Å². The van der Waals surface area contributed by atoms with Gasteiger partial charge in [-0.2, -0.15) is 13.2 Å². The number of rotatable bonds is 7. The third-order valence-electron chi connectivity index (χ3n) is 2.26. The molecule has 0 aliphatic carbocycles. The molecule has 106 valence electrons. The Morgan fingerprint density at radius 3 is 2.42 bits per heavy atom. The zero-order valence-electron chi connectivity index (χ0n) is 10.6. The highest BCUT2D eigenvalue weighted by molar-refractivity contribution is 5.97. The first-order valence-electron chi connectivity index (χ1n) is 5.96. The highest BCUT2D eigenvalue weighted by Crippen LogP contribution is 2.14. The van der Waals surface area contributed by atoms with Crippen LogP contribution in [0.15, 0.2) is 24.3 Å². The van der Waals surface area contributed by atoms with Crippen molar-refractivity contribution in [1.29, 1.82) is 0 Å². The highest BCUT2D eigenvalue weighted by Gasteiger charge is 2.26. The number of Topliss-reactive ketones (excluding diaryl/α,β-unsaturated/α-hetero) is 1. The zero-order valence-corrected chi connectivity index (χ0v) is 10.6. The molecule has 3 nitrogen and oxygen atoms in total. The Hall–Kier alpha value is -1.56. The van der Waals surface area contributed by atoms with Crippen molar-refractivity contribution in [3.8, 4) is 5.75 Å². The van der Waals surface area contributed by atoms with Gasteiger partial charge in [-0.1, -0.05) is 6.92 Å². The SMILES string of the molecule is CCCOc1ccc(C(=O)CNCC(F)(F)F)cc1. The molecule has 0 aromatic heterocycles. The number of hydrogen-bond acceptors (Lipinski definition) is 3. The van der Waals surface area contributed by atoms with Crippen LogP contribution in [-0.4, -0.2) is 31.7 Å². The van der Waals surface area contributed by atoms with Crippen molar-refractivity contribution in [2.75, 3.05) is 19.7 Å². The van der Waals surface area contributed by atoms with Gasteiger partial charge in [0, 0.05) is 5.56 Å². The van der Waals surface area contributed by atoms with Gasteiger partial charge in [0.25, 0.3) is 0 Å². The fourth-order valence-corrected chi connectivity index (χ4v) is 1.38. The average molecular weight is 275 g/mol. The van der Waals surface area contributed by atoms with Crippen LogP contribution in [-0.2, 0) is 0 Å². The first-order valence-corrected chi connectivity index (χ1v) is 5.96. The first-order chi connectivity index (χ1) is 8.92. The van der Waals surface area contributed by atoms with E-state index in [1.54, 1.807) is 24.3 Å². The van der Waals surface area contributed by atoms with Crippen molar-refractivity contribution in [3.63, 3.8) is 0 Å². The van der Waals surface area contributed by atoms with E-state index in [0.29, 0.717) is 17.9 Å². The second-order valence-electron chi connectivity index (χ2n) is 4.01. The summed E-state index contributed by atoms with van der Waals surface area (Å²) in [4.78, 5) is 11.6. The molecule has 6 heteroatoms. The number of carbonyl (C=O) groups excluding carboxylic acids is 1. The summed E-state index contributed by atoms with van der Waals surface area (Å²) in [5, 5.41) is 2.07. The number of alkyl halides is 3. The smallest absolute Gasteiger partial charge is 0.401 e. The molecule has 0 saturated heterocycles. The summed E-state index contributed by atoms with van der Waals surface area (Å²) in [6, 6.07) is 6.35. The van der Waals surface area contributed by atoms with Gasteiger partial charge in [0.15, 0.2) is 5.78 Å². The maximum Gasteiger partial charge on any atom is 0.401 e. The summed E-state index contributed by atoms with van der Waals surface area (Å²) in [5.74, 6) is 0.257. The van der Waals surface area contributed by atoms with E-state index >= 15 is 0 Å². The molecular formula is C13H16F3NO2. The van der Waals surface area contributed by atoms with Crippen LogP contribution >= 0.6 is 0 Å². The Balaban J connectivity index is 2.44. The maximum absolute atomic E-state index is 11.9. The summed E-state index contributed by atoms with van der Waals surface area (Å²) in [5.41, 5.74) is 0.360. The molecule has 0 fully saturated rings. The van der Waals surface area contributed by atoms with E-state index in [2.05, 4.69) is 5.32 Å². The number of carbonyl (C=O) groups is 1. The molecule has 0 radical (unpaired) electrons. The van der Waals surface area contributed by atoms with Crippen molar-refractivity contribution >= 4 is 5.78 Å². The van der Waals surface area contributed by atoms with Crippen molar-refractivity contribution in [2.45, 2.75) is 19.5 Å². The van der Waals surface area contributed by atoms with Crippen molar-refractivity contribution in [2.24, 2.45) is 0 Å². The minimum absolute atomic E-state index is 0.339. The number of ether oxygens (including phenoxy) is 1. The van der Waals surface area contributed by atoms with Crippen LogP contribution in [0.1, 0.15) is 23.7 Å². The highest BCUT2D eigenvalue weighted by atomic mass is 19.4. The molecule has 1 aromatic carbocycles. The van der Waals surface area contributed by atoms with E-state index in [9.17, 15) is 18.0 Å². The van der Waals surface area contributed by atoms with Crippen LogP contribution in [0.3, 0.4) is 0 Å². The molecule has 19 heavy (non-hydrogen) atoms. The second-order valence-corrected chi connectivity index (χ2v) is 4.01. The van der Waals surface area contributed by atoms with Crippen molar-refractivity contribution < 1.29 is 22.7 Å². The molecule has 0 spiro atoms. The molecule has 0 saturated carbocycles. The molecule has 0 aliphatic heterocycles. The van der Waals surface area contributed by atoms with Crippen LogP contribution in [0.25, 0.3) is 0 Å². The predicted octanol–water partition coefficient (Wildman–Crippen LogP) is 2.81. The largest absolute Gasteiger partial charge is 0.494 e. The quantitative estimate of drug-likeness (QED) is 0.778. The Bertz CT molecular complexity index is 401. The Labute approximate surface area is 109 Å². The minimum atomic E-state index is -4.31. The molecule has 1 rings (SSSR count). The number of ketones is 1. The number of halogens is 3. The van der Waals surface area contributed by atoms with E-state index in [4.69, 9.17) is 4.74 Å². The fraction of sp³-hybridized carbons (Fsp3) is 0.462. The van der Waals surface area contributed by atoms with E-state index < -0.39 is 12.7 Å². The Morgan fingerprint density at radius 1 is 1.26 bits per heavy atom. The maximum atomic E-state index is 11.9. The van der Waals surface area contributed by atoms with Gasteiger partial charge in [-0.25, -0.2) is 0 Å². The predicted molar refractivity (Wildman–Crippen MR) is 65.5 cm³/mol. The minimum Gasteiger partial charge on any atom is -0.494 e. The normalized spacial score (nSPS) is 11.4. The average Bonchev–Trinajstić information content (AvgIpc) is 2.35. The monoisotopic (exact) mass is 275 g/mol. The summed E-state index contributed by atoms with van der Waals surface area (Å²) < 4.78 is 41.0. The molecule has 1 N–H and O–H groups in total. The second kappa shape index (κ2) is 7.13. The number of benzene rings is 1. The number of hydrogen-bond donors (Lipinski definition) is 1. The standard InChI is InChI=1S/C13H16F3NO2/c1-2-7-19-11-5-3-10(4-6-11)12(18)8-17-9-13(14,15)16/h3-6,17H,2,7-9H2,1H3. The summed E-state index contributed by atoms with van der Waals surface area (Å²) in [7, 11) is 0. The van der Waals surface area contributed by atoms with E-state index in [1.807, 2.05) is 6.92 Å². The first kappa shape index (κ1) is 15.5. The van der Waals surface area contributed by atoms with E-state index in [-0.39, 0.29) is 12.3 Å². The van der Waals surface area contributed by atoms with Gasteiger partial charge < -0.3 is 10.1 Å². The molecule has 0 amide bonds. The molecule has 0 heterocycles. The lowest BCUT2D eigenvalue weighted by Gasteiger charge is -2.08. The Kier molecular flexibility index (Phi) is 5.82. The lowest BCUT2D eigenvalue weighted by molar-refractivity contribution is -0.124. The fourth-order valence-electron chi connectivity index (χ4n) is 1.38. The molecule has 0 atom stereocenters. The number of nitrogens with one attached hydrogen (secondary N) is 1. The third-order valence-corrected chi connectivity index (χ3v) is 2.26. The zero-order chi connectivity index (χ0) is 14.3. The van der Waals surface area contributed by atoms with Crippen molar-refractivity contribution in [1.82, 2.24) is 5.32 Å². The van der Waals surface area contributed by atoms with Crippen LogP contribution in [0.5, 0.6) is 5.75 Å². The summed E-state index contributed by atoms with van der Waals surface area (Å²) in [6.07, 6.45) is -3.43. The molecule has 0 aliphatic rings. The van der Waals surface area contributed by atoms with Gasteiger partial charge in [-0.15, -0.1) is 0 Å². The van der Waals surface area contributed by atoms with Gasteiger partial charge in [-0.3, -0.25) is 4.79 Å². The summed E-state index contributed by atoms with van der Waals surface area (Å²) in [6.45, 7) is 1.05. The molecule has 1 aromatic rings. The van der Waals surface area contributed by atoms with Crippen LogP contribution in [0.2, 0.25) is 0 Å². The van der Waals surface area contributed by atoms with E-state index in [1.165, 1.54) is 0 Å². The molecular weight excluding hydrogens is 259 g/mol. The molecule has 0 bridgehead atoms. The lowest BCUT2D eigenvalue weighted by atomic mass is 10.1. The van der Waals surface area contributed by atoms with Gasteiger partial charge in [-0.05, 0) is 30.7 Å². The topological polar surface area (TPSA) is 38.3 Å². The van der Waals surface area contributed by atoms with Gasteiger partial charge in [0.2, 0.25) is 0 Å².